The van der Waals surface area contributed by atoms with Crippen LogP contribution in [0, 0.1) is 12.8 Å². The van der Waals surface area contributed by atoms with E-state index >= 15 is 0 Å². The lowest BCUT2D eigenvalue weighted by molar-refractivity contribution is -0.159. The van der Waals surface area contributed by atoms with Gasteiger partial charge in [0, 0.05) is 12.6 Å². The van der Waals surface area contributed by atoms with E-state index in [1.165, 1.54) is 16.7 Å². The van der Waals surface area contributed by atoms with E-state index in [1.54, 1.807) is 14.2 Å². The second-order valence-electron chi connectivity index (χ2n) is 8.58. The molecule has 1 aliphatic rings. The van der Waals surface area contributed by atoms with Crippen molar-refractivity contribution in [3.8, 4) is 11.5 Å². The Morgan fingerprint density at radius 2 is 1.65 bits per heavy atom. The molecule has 2 atom stereocenters. The maximum absolute atomic E-state index is 10.6. The summed E-state index contributed by atoms with van der Waals surface area (Å²) in [5.74, 6) is -1.62. The predicted molar refractivity (Wildman–Crippen MR) is 129 cm³/mol. The highest BCUT2D eigenvalue weighted by atomic mass is 16.5. The van der Waals surface area contributed by atoms with Crippen molar-refractivity contribution >= 4 is 11.9 Å². The summed E-state index contributed by atoms with van der Waals surface area (Å²) in [6, 6.07) is 12.3. The lowest BCUT2D eigenvalue weighted by Gasteiger charge is -2.19. The van der Waals surface area contributed by atoms with E-state index in [-0.39, 0.29) is 6.10 Å². The van der Waals surface area contributed by atoms with Crippen LogP contribution in [0.1, 0.15) is 41.2 Å². The Morgan fingerprint density at radius 1 is 1.03 bits per heavy atom. The van der Waals surface area contributed by atoms with Gasteiger partial charge >= 0.3 is 11.9 Å². The number of ether oxygens (including phenoxy) is 2. The number of likely N-dealkylation sites (N-methyl/N-ethyl adjacent to an activating group) is 1. The van der Waals surface area contributed by atoms with Gasteiger partial charge in [-0.1, -0.05) is 18.2 Å². The minimum Gasteiger partial charge on any atom is -0.497 e. The van der Waals surface area contributed by atoms with E-state index in [1.807, 2.05) is 6.07 Å². The third-order valence-electron chi connectivity index (χ3n) is 6.17. The van der Waals surface area contributed by atoms with Crippen LogP contribution < -0.4 is 9.47 Å². The second kappa shape index (κ2) is 13.0. The fourth-order valence-corrected chi connectivity index (χ4v) is 4.23. The zero-order valence-electron chi connectivity index (χ0n) is 20.3. The summed E-state index contributed by atoms with van der Waals surface area (Å²) < 4.78 is 10.7. The van der Waals surface area contributed by atoms with Gasteiger partial charge in [-0.3, -0.25) is 0 Å². The Kier molecular flexibility index (Phi) is 10.3. The zero-order chi connectivity index (χ0) is 25.3. The summed E-state index contributed by atoms with van der Waals surface area (Å²) in [5.41, 5.74) is 5.04. The summed E-state index contributed by atoms with van der Waals surface area (Å²) >= 11 is 0. The Bertz CT molecular complexity index is 941. The summed E-state index contributed by atoms with van der Waals surface area (Å²) in [4.78, 5) is 20.6. The van der Waals surface area contributed by atoms with Crippen LogP contribution in [0.3, 0.4) is 0 Å². The molecule has 8 nitrogen and oxygen atoms in total. The van der Waals surface area contributed by atoms with Crippen molar-refractivity contribution in [1.82, 2.24) is 4.90 Å². The van der Waals surface area contributed by atoms with E-state index in [2.05, 4.69) is 49.2 Å². The molecule has 2 aromatic carbocycles. The zero-order valence-corrected chi connectivity index (χ0v) is 20.3. The number of aliphatic carboxylic acids is 2. The fourth-order valence-electron chi connectivity index (χ4n) is 4.23. The van der Waals surface area contributed by atoms with E-state index < -0.39 is 11.9 Å². The van der Waals surface area contributed by atoms with Crippen LogP contribution in [0.25, 0.3) is 0 Å². The monoisotopic (exact) mass is 473 g/mol. The number of hydrogen-bond donors (Lipinski definition) is 3. The molecule has 186 valence electrons. The first-order valence-corrected chi connectivity index (χ1v) is 11.3. The molecule has 8 heteroatoms. The van der Waals surface area contributed by atoms with Crippen LogP contribution in [-0.4, -0.2) is 66.5 Å². The number of nitrogens with zero attached hydrogens (tertiary/aromatic N) is 1. The van der Waals surface area contributed by atoms with Crippen LogP contribution in [0.4, 0.5) is 0 Å². The molecule has 0 saturated carbocycles. The average molecular weight is 474 g/mol. The molecule has 0 aliphatic heterocycles. The van der Waals surface area contributed by atoms with Gasteiger partial charge in [0.2, 0.25) is 0 Å². The number of rotatable bonds is 9. The van der Waals surface area contributed by atoms with Crippen LogP contribution in [0.15, 0.2) is 36.4 Å². The van der Waals surface area contributed by atoms with Crippen molar-refractivity contribution in [2.75, 3.05) is 34.4 Å². The number of carboxylic acids is 2. The lowest BCUT2D eigenvalue weighted by Crippen LogP contribution is -2.23. The quantitative estimate of drug-likeness (QED) is 0.475. The van der Waals surface area contributed by atoms with Gasteiger partial charge in [0.1, 0.15) is 11.5 Å². The molecule has 0 bridgehead atoms. The van der Waals surface area contributed by atoms with E-state index in [4.69, 9.17) is 29.3 Å². The van der Waals surface area contributed by atoms with Crippen LogP contribution in [-0.2, 0) is 22.4 Å². The molecular formula is C26H35NO7. The van der Waals surface area contributed by atoms with Gasteiger partial charge in [0.25, 0.3) is 0 Å². The highest BCUT2D eigenvalue weighted by molar-refractivity contribution is 6.27. The molecule has 2 aromatic rings. The van der Waals surface area contributed by atoms with Gasteiger partial charge in [0.05, 0.1) is 20.3 Å². The molecule has 0 fully saturated rings. The third kappa shape index (κ3) is 7.74. The summed E-state index contributed by atoms with van der Waals surface area (Å²) in [7, 11) is 5.53. The molecule has 3 N–H and O–H groups in total. The summed E-state index contributed by atoms with van der Waals surface area (Å²) in [6.07, 6.45) is 3.83. The fraction of sp³-hybridized carbons (Fsp3) is 0.462. The number of aliphatic hydroxyl groups is 1. The Morgan fingerprint density at radius 3 is 2.18 bits per heavy atom. The van der Waals surface area contributed by atoms with Gasteiger partial charge in [-0.25, -0.2) is 9.59 Å². The van der Waals surface area contributed by atoms with Gasteiger partial charge in [-0.15, -0.1) is 0 Å². The lowest BCUT2D eigenvalue weighted by atomic mass is 9.97. The largest absolute Gasteiger partial charge is 0.497 e. The molecule has 0 radical (unpaired) electrons. The Balaban J connectivity index is 0.000000604. The molecular weight excluding hydrogens is 438 g/mol. The standard InChI is InChI=1S/C24H33NO3.C2H2O4/c1-17-7-5-9-22-23(17)15-19(24(22)26)8-6-11-25(2)12-10-18-13-20(27-3)16-21(14-18)28-4;3-1(4)2(5)6/h5,7,9,13-14,16,19,24,26H,6,8,10-12,15H2,1-4H3;(H,3,4)(H,5,6). The molecule has 0 aromatic heterocycles. The number of carbonyl (C=O) groups is 2. The first-order valence-electron chi connectivity index (χ1n) is 11.3. The Hall–Kier alpha value is -3.10. The van der Waals surface area contributed by atoms with Crippen molar-refractivity contribution in [2.45, 2.75) is 38.7 Å². The number of methoxy groups -OCH3 is 2. The first-order chi connectivity index (χ1) is 16.2. The first kappa shape index (κ1) is 27.1. The van der Waals surface area contributed by atoms with Crippen molar-refractivity contribution in [1.29, 1.82) is 0 Å². The van der Waals surface area contributed by atoms with E-state index in [0.717, 1.165) is 55.8 Å². The van der Waals surface area contributed by atoms with Crippen molar-refractivity contribution in [3.05, 3.63) is 58.7 Å². The molecule has 0 heterocycles. The number of carboxylic acid groups (broad SMARTS) is 2. The van der Waals surface area contributed by atoms with E-state index in [0.29, 0.717) is 5.92 Å². The molecule has 34 heavy (non-hydrogen) atoms. The van der Waals surface area contributed by atoms with Gasteiger partial charge in [-0.2, -0.15) is 0 Å². The molecule has 0 saturated heterocycles. The number of hydrogen-bond acceptors (Lipinski definition) is 6. The number of fused-ring (bicyclic) bond motifs is 1. The second-order valence-corrected chi connectivity index (χ2v) is 8.58. The smallest absolute Gasteiger partial charge is 0.414 e. The highest BCUT2D eigenvalue weighted by Crippen LogP contribution is 2.39. The normalized spacial score (nSPS) is 16.4. The molecule has 0 amide bonds. The van der Waals surface area contributed by atoms with Crippen LogP contribution >= 0.6 is 0 Å². The van der Waals surface area contributed by atoms with Gasteiger partial charge in [-0.05, 0) is 86.5 Å². The number of aryl methyl sites for hydroxylation is 1. The van der Waals surface area contributed by atoms with Gasteiger partial charge in [0.15, 0.2) is 0 Å². The predicted octanol–water partition coefficient (Wildman–Crippen LogP) is 3.33. The third-order valence-corrected chi connectivity index (χ3v) is 6.17. The van der Waals surface area contributed by atoms with Gasteiger partial charge < -0.3 is 29.7 Å². The molecule has 1 aliphatic carbocycles. The van der Waals surface area contributed by atoms with Crippen molar-refractivity contribution in [3.63, 3.8) is 0 Å². The van der Waals surface area contributed by atoms with E-state index in [9.17, 15) is 5.11 Å². The Labute approximate surface area is 200 Å². The SMILES string of the molecule is COc1cc(CCN(C)CCCC2Cc3c(C)cccc3C2O)cc(OC)c1.O=C(O)C(=O)O. The minimum absolute atomic E-state index is 0.301. The maximum atomic E-state index is 10.6. The minimum atomic E-state index is -1.82. The topological polar surface area (TPSA) is 117 Å². The van der Waals surface area contributed by atoms with Crippen LogP contribution in [0.5, 0.6) is 11.5 Å². The molecule has 3 rings (SSSR count). The summed E-state index contributed by atoms with van der Waals surface area (Å²) in [6.45, 7) is 4.18. The van der Waals surface area contributed by atoms with Crippen molar-refractivity contribution in [2.24, 2.45) is 5.92 Å². The number of aliphatic hydroxyl groups excluding tert-OH is 1. The number of benzene rings is 2. The van der Waals surface area contributed by atoms with Crippen LogP contribution in [0.2, 0.25) is 0 Å². The van der Waals surface area contributed by atoms with Crippen molar-refractivity contribution < 1.29 is 34.4 Å². The molecule has 0 spiro atoms. The summed E-state index contributed by atoms with van der Waals surface area (Å²) in [5, 5.41) is 25.4. The maximum Gasteiger partial charge on any atom is 0.414 e. The molecule has 2 unspecified atom stereocenters. The average Bonchev–Trinajstić information content (AvgIpc) is 3.14. The highest BCUT2D eigenvalue weighted by Gasteiger charge is 2.31.